The van der Waals surface area contributed by atoms with E-state index in [1.54, 1.807) is 11.3 Å². The molecule has 29 heavy (non-hydrogen) atoms. The summed E-state index contributed by atoms with van der Waals surface area (Å²) in [6.07, 6.45) is 3.29. The van der Waals surface area contributed by atoms with E-state index in [0.717, 1.165) is 48.5 Å². The van der Waals surface area contributed by atoms with Gasteiger partial charge in [-0.05, 0) is 37.3 Å². The molecule has 1 aromatic carbocycles. The maximum absolute atomic E-state index is 12.4. The van der Waals surface area contributed by atoms with E-state index in [4.69, 9.17) is 12.2 Å². The summed E-state index contributed by atoms with van der Waals surface area (Å²) in [7, 11) is 0. The molecule has 0 saturated carbocycles. The van der Waals surface area contributed by atoms with Crippen molar-refractivity contribution in [2.45, 2.75) is 26.2 Å². The second kappa shape index (κ2) is 9.45. The highest BCUT2D eigenvalue weighted by atomic mass is 32.2. The number of nitrogens with one attached hydrogen (secondary N) is 1. The summed E-state index contributed by atoms with van der Waals surface area (Å²) in [5.41, 5.74) is 2.42. The highest BCUT2D eigenvalue weighted by Gasteiger charge is 2.22. The van der Waals surface area contributed by atoms with Gasteiger partial charge in [-0.15, -0.1) is 11.3 Å². The number of amides is 1. The lowest BCUT2D eigenvalue weighted by Crippen LogP contribution is -2.47. The molecule has 2 aliphatic rings. The van der Waals surface area contributed by atoms with Crippen LogP contribution in [0.5, 0.6) is 0 Å². The highest BCUT2D eigenvalue weighted by Crippen LogP contribution is 2.32. The summed E-state index contributed by atoms with van der Waals surface area (Å²) in [4.78, 5) is 22.9. The van der Waals surface area contributed by atoms with Crippen LogP contribution < -0.4 is 10.2 Å². The van der Waals surface area contributed by atoms with Crippen LogP contribution in [-0.2, 0) is 17.6 Å². The first kappa shape index (κ1) is 20.6. The Morgan fingerprint density at radius 2 is 2.03 bits per heavy atom. The fraction of sp³-hybridized carbons (Fsp3) is 0.476. The SMILES string of the molecule is CC1CCc2nc(NC(=O)CSC(=S)N3CCN(c4ccccc4)CC3)sc2C1. The number of hydrogen-bond donors (Lipinski definition) is 1. The van der Waals surface area contributed by atoms with Gasteiger partial charge in [-0.25, -0.2) is 4.98 Å². The molecule has 1 atom stereocenters. The molecule has 1 aliphatic carbocycles. The first-order valence-corrected chi connectivity index (χ1v) is 12.3. The Hall–Kier alpha value is -1.64. The van der Waals surface area contributed by atoms with Gasteiger partial charge >= 0.3 is 0 Å². The maximum atomic E-state index is 12.4. The number of nitrogens with zero attached hydrogens (tertiary/aromatic N) is 3. The molecule has 0 spiro atoms. The zero-order valence-corrected chi connectivity index (χ0v) is 19.0. The molecule has 8 heteroatoms. The number of hydrogen-bond acceptors (Lipinski definition) is 6. The van der Waals surface area contributed by atoms with E-state index >= 15 is 0 Å². The number of aromatic nitrogens is 1. The van der Waals surface area contributed by atoms with Gasteiger partial charge in [0.15, 0.2) is 5.13 Å². The smallest absolute Gasteiger partial charge is 0.236 e. The molecule has 5 nitrogen and oxygen atoms in total. The molecular weight excluding hydrogens is 420 g/mol. The Morgan fingerprint density at radius 1 is 1.28 bits per heavy atom. The number of anilines is 2. The molecule has 2 aromatic rings. The largest absolute Gasteiger partial charge is 0.368 e. The first-order chi connectivity index (χ1) is 14.1. The van der Waals surface area contributed by atoms with E-state index in [9.17, 15) is 4.79 Å². The summed E-state index contributed by atoms with van der Waals surface area (Å²) in [6.45, 7) is 5.94. The molecule has 1 saturated heterocycles. The van der Waals surface area contributed by atoms with Gasteiger partial charge in [0.05, 0.1) is 11.4 Å². The summed E-state index contributed by atoms with van der Waals surface area (Å²) < 4.78 is 0.806. The Labute approximate surface area is 185 Å². The molecule has 4 rings (SSSR count). The van der Waals surface area contributed by atoms with Crippen LogP contribution in [0.2, 0.25) is 0 Å². The Kier molecular flexibility index (Phi) is 6.72. The molecule has 1 aliphatic heterocycles. The predicted molar refractivity (Wildman–Crippen MR) is 127 cm³/mol. The minimum atomic E-state index is -0.0283. The van der Waals surface area contributed by atoms with E-state index in [1.165, 1.54) is 34.4 Å². The molecule has 1 N–H and O–H groups in total. The standard InChI is InChI=1S/C21H26N4OS3/c1-15-7-8-17-18(13-15)29-20(22-17)23-19(26)14-28-21(27)25-11-9-24(10-12-25)16-5-3-2-4-6-16/h2-6,15H,7-14H2,1H3,(H,22,23,26). The third-order valence-corrected chi connectivity index (χ3v) is 7.98. The van der Waals surface area contributed by atoms with Gasteiger partial charge in [-0.1, -0.05) is 49.1 Å². The maximum Gasteiger partial charge on any atom is 0.236 e. The minimum Gasteiger partial charge on any atom is -0.368 e. The average Bonchev–Trinajstić information content (AvgIpc) is 3.14. The number of thioether (sulfide) groups is 1. The van der Waals surface area contributed by atoms with E-state index in [1.807, 2.05) is 6.07 Å². The van der Waals surface area contributed by atoms with Crippen molar-refractivity contribution in [1.82, 2.24) is 9.88 Å². The monoisotopic (exact) mass is 446 g/mol. The normalized spacial score (nSPS) is 19.0. The lowest BCUT2D eigenvalue weighted by Gasteiger charge is -2.37. The number of para-hydroxylation sites is 1. The van der Waals surface area contributed by atoms with Gasteiger partial charge in [0.25, 0.3) is 0 Å². The van der Waals surface area contributed by atoms with Gasteiger partial charge in [0.1, 0.15) is 4.32 Å². The number of carbonyl (C=O) groups is 1. The Morgan fingerprint density at radius 3 is 2.79 bits per heavy atom. The van der Waals surface area contributed by atoms with E-state index in [0.29, 0.717) is 11.7 Å². The Bertz CT molecular complexity index is 862. The summed E-state index contributed by atoms with van der Waals surface area (Å²) in [5, 5.41) is 3.70. The summed E-state index contributed by atoms with van der Waals surface area (Å²) in [5.74, 6) is 1.01. The summed E-state index contributed by atoms with van der Waals surface area (Å²) in [6, 6.07) is 10.5. The number of thiazole rings is 1. The molecule has 1 fully saturated rings. The lowest BCUT2D eigenvalue weighted by atomic mass is 9.93. The van der Waals surface area contributed by atoms with Crippen molar-refractivity contribution in [3.05, 3.63) is 40.9 Å². The van der Waals surface area contributed by atoms with E-state index in [-0.39, 0.29) is 5.91 Å². The lowest BCUT2D eigenvalue weighted by molar-refractivity contribution is -0.113. The van der Waals surface area contributed by atoms with Crippen molar-refractivity contribution in [2.24, 2.45) is 5.92 Å². The third-order valence-electron chi connectivity index (χ3n) is 5.42. The van der Waals surface area contributed by atoms with Crippen LogP contribution in [0.1, 0.15) is 23.9 Å². The number of piperazine rings is 1. The third kappa shape index (κ3) is 5.29. The van der Waals surface area contributed by atoms with Crippen molar-refractivity contribution < 1.29 is 4.79 Å². The molecular formula is C21H26N4OS3. The molecule has 1 unspecified atom stereocenters. The predicted octanol–water partition coefficient (Wildman–Crippen LogP) is 4.05. The van der Waals surface area contributed by atoms with Crippen molar-refractivity contribution in [3.8, 4) is 0 Å². The number of fused-ring (bicyclic) bond motifs is 1. The zero-order valence-electron chi connectivity index (χ0n) is 16.6. The second-order valence-electron chi connectivity index (χ2n) is 7.65. The van der Waals surface area contributed by atoms with Crippen LogP contribution in [0, 0.1) is 5.92 Å². The first-order valence-electron chi connectivity index (χ1n) is 10.1. The van der Waals surface area contributed by atoms with E-state index < -0.39 is 0 Å². The fourth-order valence-electron chi connectivity index (χ4n) is 3.75. The fourth-order valence-corrected chi connectivity index (χ4v) is 5.99. The number of carbonyl (C=O) groups excluding carboxylic acids is 1. The van der Waals surface area contributed by atoms with Gasteiger partial charge in [0.2, 0.25) is 5.91 Å². The molecule has 0 bridgehead atoms. The number of aryl methyl sites for hydroxylation is 1. The zero-order chi connectivity index (χ0) is 20.2. The summed E-state index contributed by atoms with van der Waals surface area (Å²) >= 11 is 8.65. The van der Waals surface area contributed by atoms with Gasteiger partial charge in [-0.3, -0.25) is 4.79 Å². The number of benzene rings is 1. The molecule has 1 amide bonds. The second-order valence-corrected chi connectivity index (χ2v) is 10.3. The van der Waals surface area contributed by atoms with Crippen LogP contribution >= 0.6 is 35.3 Å². The molecule has 1 aromatic heterocycles. The molecule has 154 valence electrons. The van der Waals surface area contributed by atoms with Gasteiger partial charge in [-0.2, -0.15) is 0 Å². The van der Waals surface area contributed by atoms with Crippen LogP contribution in [0.25, 0.3) is 0 Å². The highest BCUT2D eigenvalue weighted by molar-refractivity contribution is 8.23. The Balaban J connectivity index is 1.21. The topological polar surface area (TPSA) is 48.5 Å². The van der Waals surface area contributed by atoms with Crippen LogP contribution in [0.4, 0.5) is 10.8 Å². The van der Waals surface area contributed by atoms with Crippen LogP contribution in [-0.4, -0.2) is 52.0 Å². The van der Waals surface area contributed by atoms with Crippen molar-refractivity contribution >= 4 is 56.4 Å². The van der Waals surface area contributed by atoms with Crippen molar-refractivity contribution in [1.29, 1.82) is 0 Å². The average molecular weight is 447 g/mol. The minimum absolute atomic E-state index is 0.0283. The van der Waals surface area contributed by atoms with Gasteiger partial charge in [0, 0.05) is 36.7 Å². The molecule has 2 heterocycles. The number of thiocarbonyl (C=S) groups is 1. The van der Waals surface area contributed by atoms with E-state index in [2.05, 4.69) is 51.3 Å². The van der Waals surface area contributed by atoms with Crippen molar-refractivity contribution in [3.63, 3.8) is 0 Å². The number of rotatable bonds is 4. The van der Waals surface area contributed by atoms with Crippen molar-refractivity contribution in [2.75, 3.05) is 42.1 Å². The van der Waals surface area contributed by atoms with Crippen LogP contribution in [0.3, 0.4) is 0 Å². The van der Waals surface area contributed by atoms with Gasteiger partial charge < -0.3 is 15.1 Å². The quantitative estimate of drug-likeness (QED) is 0.715. The molecule has 0 radical (unpaired) electrons. The van der Waals surface area contributed by atoms with Crippen LogP contribution in [0.15, 0.2) is 30.3 Å².